The van der Waals surface area contributed by atoms with E-state index in [1.165, 1.54) is 0 Å². The van der Waals surface area contributed by atoms with Gasteiger partial charge in [0.2, 0.25) is 0 Å². The molecule has 3 rings (SSSR count). The van der Waals surface area contributed by atoms with Crippen molar-refractivity contribution >= 4 is 35.6 Å². The number of nitrogens with zero attached hydrogens (tertiary/aromatic N) is 1. The van der Waals surface area contributed by atoms with Gasteiger partial charge in [-0.25, -0.2) is 19.2 Å². The van der Waals surface area contributed by atoms with Crippen molar-refractivity contribution in [1.82, 2.24) is 0 Å². The summed E-state index contributed by atoms with van der Waals surface area (Å²) in [6.45, 7) is 0. The van der Waals surface area contributed by atoms with E-state index in [1.54, 1.807) is 36.4 Å². The second-order valence-corrected chi connectivity index (χ2v) is 7.70. The van der Waals surface area contributed by atoms with Gasteiger partial charge in [0, 0.05) is 15.4 Å². The Balaban J connectivity index is 2.41. The highest BCUT2D eigenvalue weighted by Crippen LogP contribution is 2.40. The van der Waals surface area contributed by atoms with Crippen LogP contribution in [0.25, 0.3) is 11.1 Å². The monoisotopic (exact) mass is 463 g/mol. The molecule has 0 aliphatic rings. The van der Waals surface area contributed by atoms with Gasteiger partial charge in [-0.15, -0.1) is 0 Å². The lowest BCUT2D eigenvalue weighted by molar-refractivity contribution is 0.0651. The standard InChI is InChI=1S/C23H13NO8S/c24-10-11-6-15(20(25)26)16(21(27)28)7-13(11)14-8-17(22(29)30)18(23(31)32)9-19(14)33-12-4-2-1-3-5-12/h1-9H,(H,25,26)(H,27,28)(H,29,30)(H,31,32). The van der Waals surface area contributed by atoms with Crippen LogP contribution in [0.4, 0.5) is 0 Å². The van der Waals surface area contributed by atoms with Gasteiger partial charge in [0.05, 0.1) is 33.9 Å². The first-order chi connectivity index (χ1) is 15.6. The number of carboxylic acids is 4. The zero-order chi connectivity index (χ0) is 24.3. The molecule has 0 aliphatic heterocycles. The molecule has 0 unspecified atom stereocenters. The second-order valence-electron chi connectivity index (χ2n) is 6.58. The third-order valence-corrected chi connectivity index (χ3v) is 5.65. The quantitative estimate of drug-likeness (QED) is 0.398. The van der Waals surface area contributed by atoms with Gasteiger partial charge in [0.1, 0.15) is 0 Å². The molecular weight excluding hydrogens is 450 g/mol. The summed E-state index contributed by atoms with van der Waals surface area (Å²) in [6.07, 6.45) is 0. The highest BCUT2D eigenvalue weighted by molar-refractivity contribution is 7.99. The van der Waals surface area contributed by atoms with Gasteiger partial charge in [-0.1, -0.05) is 30.0 Å². The lowest BCUT2D eigenvalue weighted by Crippen LogP contribution is -2.11. The Labute approximate surface area is 190 Å². The molecule has 0 bridgehead atoms. The summed E-state index contributed by atoms with van der Waals surface area (Å²) in [5.41, 5.74) is -2.47. The fraction of sp³-hybridized carbons (Fsp3) is 0. The van der Waals surface area contributed by atoms with Crippen LogP contribution >= 0.6 is 11.8 Å². The van der Waals surface area contributed by atoms with E-state index in [0.717, 1.165) is 36.0 Å². The molecule has 0 aliphatic carbocycles. The first-order valence-electron chi connectivity index (χ1n) is 9.06. The van der Waals surface area contributed by atoms with Crippen molar-refractivity contribution in [2.24, 2.45) is 0 Å². The van der Waals surface area contributed by atoms with Crippen LogP contribution in [0.15, 0.2) is 64.4 Å². The topological polar surface area (TPSA) is 173 Å². The average Bonchev–Trinajstić information content (AvgIpc) is 2.78. The van der Waals surface area contributed by atoms with Crippen molar-refractivity contribution in [2.45, 2.75) is 9.79 Å². The maximum atomic E-state index is 11.7. The molecule has 10 heteroatoms. The van der Waals surface area contributed by atoms with E-state index in [4.69, 9.17) is 0 Å². The SMILES string of the molecule is N#Cc1cc(C(=O)O)c(C(=O)O)cc1-c1cc(C(=O)O)c(C(=O)O)cc1Sc1ccccc1. The number of hydrogen-bond donors (Lipinski definition) is 4. The van der Waals surface area contributed by atoms with Crippen LogP contribution in [-0.4, -0.2) is 44.3 Å². The molecule has 0 amide bonds. The van der Waals surface area contributed by atoms with Crippen molar-refractivity contribution < 1.29 is 39.6 Å². The van der Waals surface area contributed by atoms with Crippen molar-refractivity contribution in [3.63, 3.8) is 0 Å². The molecule has 0 fully saturated rings. The van der Waals surface area contributed by atoms with Crippen LogP contribution in [0.2, 0.25) is 0 Å². The fourth-order valence-electron chi connectivity index (χ4n) is 3.11. The van der Waals surface area contributed by atoms with Crippen LogP contribution in [0, 0.1) is 11.3 Å². The molecule has 0 heterocycles. The maximum absolute atomic E-state index is 11.7. The molecule has 0 saturated heterocycles. The summed E-state index contributed by atoms with van der Waals surface area (Å²) in [4.78, 5) is 47.5. The zero-order valence-corrected chi connectivity index (χ0v) is 17.3. The lowest BCUT2D eigenvalue weighted by Gasteiger charge is -2.15. The van der Waals surface area contributed by atoms with Crippen LogP contribution in [0.1, 0.15) is 47.0 Å². The largest absolute Gasteiger partial charge is 0.478 e. The Kier molecular flexibility index (Phi) is 6.46. The molecule has 9 nitrogen and oxygen atoms in total. The predicted octanol–water partition coefficient (Wildman–Crippen LogP) is 4.17. The predicted molar refractivity (Wildman–Crippen MR) is 115 cm³/mol. The lowest BCUT2D eigenvalue weighted by atomic mass is 9.92. The minimum atomic E-state index is -1.56. The Morgan fingerprint density at radius 2 is 1.12 bits per heavy atom. The van der Waals surface area contributed by atoms with Crippen molar-refractivity contribution in [1.29, 1.82) is 5.26 Å². The smallest absolute Gasteiger partial charge is 0.336 e. The molecule has 4 N–H and O–H groups in total. The molecule has 0 atom stereocenters. The number of rotatable bonds is 7. The Morgan fingerprint density at radius 1 is 0.667 bits per heavy atom. The molecule has 3 aromatic carbocycles. The minimum absolute atomic E-state index is 0.0437. The fourth-order valence-corrected chi connectivity index (χ4v) is 4.12. The molecule has 0 spiro atoms. The highest BCUT2D eigenvalue weighted by atomic mass is 32.2. The van der Waals surface area contributed by atoms with Gasteiger partial charge in [0.25, 0.3) is 0 Å². The van der Waals surface area contributed by atoms with Crippen LogP contribution in [0.5, 0.6) is 0 Å². The Bertz CT molecular complexity index is 1360. The van der Waals surface area contributed by atoms with Gasteiger partial charge >= 0.3 is 23.9 Å². The number of benzene rings is 3. The molecule has 0 aromatic heterocycles. The summed E-state index contributed by atoms with van der Waals surface area (Å²) in [7, 11) is 0. The van der Waals surface area contributed by atoms with Gasteiger partial charge in [0.15, 0.2) is 0 Å². The van der Waals surface area contributed by atoms with Gasteiger partial charge < -0.3 is 20.4 Å². The van der Waals surface area contributed by atoms with E-state index in [9.17, 15) is 44.9 Å². The molecule has 0 saturated carbocycles. The number of aromatic carboxylic acids is 4. The third-order valence-electron chi connectivity index (χ3n) is 4.58. The Hall–Kier alpha value is -4.62. The van der Waals surface area contributed by atoms with E-state index in [0.29, 0.717) is 4.90 Å². The van der Waals surface area contributed by atoms with E-state index in [2.05, 4.69) is 0 Å². The number of carbonyl (C=O) groups is 4. The molecule has 164 valence electrons. The summed E-state index contributed by atoms with van der Waals surface area (Å²) >= 11 is 1.08. The molecule has 33 heavy (non-hydrogen) atoms. The van der Waals surface area contributed by atoms with E-state index >= 15 is 0 Å². The number of carboxylic acid groups (broad SMARTS) is 4. The first kappa shape index (κ1) is 23.1. The average molecular weight is 463 g/mol. The van der Waals surface area contributed by atoms with Gasteiger partial charge in [-0.2, -0.15) is 5.26 Å². The maximum Gasteiger partial charge on any atom is 0.336 e. The normalized spacial score (nSPS) is 10.3. The van der Waals surface area contributed by atoms with Crippen LogP contribution in [-0.2, 0) is 0 Å². The highest BCUT2D eigenvalue weighted by Gasteiger charge is 2.25. The molecule has 0 radical (unpaired) electrons. The molecule has 3 aromatic rings. The van der Waals surface area contributed by atoms with Gasteiger partial charge in [-0.3, -0.25) is 0 Å². The van der Waals surface area contributed by atoms with Crippen molar-refractivity contribution in [3.8, 4) is 17.2 Å². The first-order valence-corrected chi connectivity index (χ1v) is 9.88. The molecular formula is C23H13NO8S. The van der Waals surface area contributed by atoms with E-state index in [1.807, 2.05) is 0 Å². The van der Waals surface area contributed by atoms with E-state index < -0.39 is 46.1 Å². The Morgan fingerprint density at radius 3 is 1.61 bits per heavy atom. The zero-order valence-electron chi connectivity index (χ0n) is 16.5. The summed E-state index contributed by atoms with van der Waals surface area (Å²) in [5, 5.41) is 47.5. The van der Waals surface area contributed by atoms with Gasteiger partial charge in [-0.05, 0) is 42.0 Å². The van der Waals surface area contributed by atoms with Crippen molar-refractivity contribution in [3.05, 3.63) is 82.4 Å². The number of hydrogen-bond acceptors (Lipinski definition) is 6. The number of nitriles is 1. The second kappa shape index (κ2) is 9.25. The summed E-state index contributed by atoms with van der Waals surface area (Å²) < 4.78 is 0. The summed E-state index contributed by atoms with van der Waals surface area (Å²) in [6, 6.07) is 14.5. The minimum Gasteiger partial charge on any atom is -0.478 e. The van der Waals surface area contributed by atoms with Crippen molar-refractivity contribution in [2.75, 3.05) is 0 Å². The van der Waals surface area contributed by atoms with Crippen LogP contribution in [0.3, 0.4) is 0 Å². The van der Waals surface area contributed by atoms with Crippen LogP contribution < -0.4 is 0 Å². The van der Waals surface area contributed by atoms with E-state index in [-0.39, 0.29) is 21.6 Å². The summed E-state index contributed by atoms with van der Waals surface area (Å²) in [5.74, 6) is -6.14. The third kappa shape index (κ3) is 4.68.